The summed E-state index contributed by atoms with van der Waals surface area (Å²) in [5, 5.41) is 11.8. The first-order chi connectivity index (χ1) is 21.4. The molecule has 45 heavy (non-hydrogen) atoms. The van der Waals surface area contributed by atoms with Crippen molar-refractivity contribution in [1.82, 2.24) is 0 Å². The van der Waals surface area contributed by atoms with Crippen molar-refractivity contribution in [3.63, 3.8) is 0 Å². The average Bonchev–Trinajstić information content (AvgIpc) is 3.56. The van der Waals surface area contributed by atoms with Gasteiger partial charge in [-0.1, -0.05) is 100 Å². The fraction of sp³-hybridized carbons (Fsp3) is 0.389. The molecule has 5 rings (SSSR count). The fourth-order valence-corrected chi connectivity index (χ4v) is 13.9. The molecule has 0 aromatic heterocycles. The summed E-state index contributed by atoms with van der Waals surface area (Å²) in [7, 11) is -4.66. The molecule has 0 unspecified atom stereocenters. The molecule has 0 amide bonds. The van der Waals surface area contributed by atoms with E-state index < -0.39 is 23.4 Å². The number of halogens is 1. The van der Waals surface area contributed by atoms with Crippen LogP contribution in [-0.4, -0.2) is 59.3 Å². The molecule has 0 radical (unpaired) electrons. The predicted molar refractivity (Wildman–Crippen MR) is 193 cm³/mol. The Bertz CT molecular complexity index is 1640. The Morgan fingerprint density at radius 3 is 2.24 bits per heavy atom. The van der Waals surface area contributed by atoms with E-state index in [0.29, 0.717) is 12.2 Å². The molecule has 9 heteroatoms. The van der Waals surface area contributed by atoms with Crippen LogP contribution in [0, 0.1) is 3.57 Å². The van der Waals surface area contributed by atoms with Crippen LogP contribution < -0.4 is 15.1 Å². The smallest absolute Gasteiger partial charge is 0.261 e. The lowest BCUT2D eigenvalue weighted by Gasteiger charge is -2.43. The minimum absolute atomic E-state index is 0.0211. The Morgan fingerprint density at radius 2 is 1.69 bits per heavy atom. The van der Waals surface area contributed by atoms with Crippen molar-refractivity contribution < 1.29 is 27.4 Å². The Morgan fingerprint density at radius 1 is 1.07 bits per heavy atom. The van der Waals surface area contributed by atoms with Crippen LogP contribution in [0.5, 0.6) is 11.5 Å². The molecule has 0 spiro atoms. The molecule has 1 N–H and O–H groups in total. The first-order valence-electron chi connectivity index (χ1n) is 15.5. The van der Waals surface area contributed by atoms with E-state index in [-0.39, 0.29) is 35.9 Å². The van der Waals surface area contributed by atoms with Gasteiger partial charge in [-0.05, 0) is 86.1 Å². The highest BCUT2D eigenvalue weighted by Gasteiger charge is 2.52. The first kappa shape index (κ1) is 33.9. The summed E-state index contributed by atoms with van der Waals surface area (Å²) < 4.78 is 46.3. The Kier molecular flexibility index (Phi) is 10.3. The summed E-state index contributed by atoms with van der Waals surface area (Å²) >= 11 is 2.11. The van der Waals surface area contributed by atoms with E-state index in [1.54, 1.807) is 7.11 Å². The molecule has 0 bridgehead atoms. The average molecular weight is 759 g/mol. The number of hydrogen-bond donors (Lipinski definition) is 1. The number of hydrogen-bond acceptors (Lipinski definition) is 6. The Labute approximate surface area is 282 Å². The zero-order valence-electron chi connectivity index (χ0n) is 26.7. The number of rotatable bonds is 11. The number of allylic oxidation sites excluding steroid dienone is 1. The van der Waals surface area contributed by atoms with E-state index >= 15 is 0 Å². The maximum absolute atomic E-state index is 13.4. The van der Waals surface area contributed by atoms with E-state index in [2.05, 4.69) is 105 Å². The van der Waals surface area contributed by atoms with Crippen molar-refractivity contribution in [2.75, 3.05) is 26.1 Å². The number of methoxy groups -OCH3 is 1. The van der Waals surface area contributed by atoms with E-state index in [1.807, 2.05) is 24.3 Å². The van der Waals surface area contributed by atoms with Crippen molar-refractivity contribution in [3.05, 3.63) is 98.6 Å². The molecular weight excluding hydrogens is 715 g/mol. The summed E-state index contributed by atoms with van der Waals surface area (Å²) in [6.07, 6.45) is 4.16. The first-order valence-corrected chi connectivity index (χ1v) is 20.2. The lowest BCUT2D eigenvalue weighted by atomic mass is 9.96. The topological polar surface area (TPSA) is 82.1 Å². The van der Waals surface area contributed by atoms with Gasteiger partial charge in [-0.15, -0.1) is 0 Å². The minimum atomic E-state index is -3.36. The van der Waals surface area contributed by atoms with Crippen molar-refractivity contribution in [2.24, 2.45) is 0 Å². The maximum Gasteiger partial charge on any atom is 0.261 e. The molecule has 6 nitrogen and oxygen atoms in total. The van der Waals surface area contributed by atoms with Crippen molar-refractivity contribution in [3.8, 4) is 11.5 Å². The lowest BCUT2D eigenvalue weighted by Crippen LogP contribution is -2.66. The molecule has 1 fully saturated rings. The molecule has 3 aromatic carbocycles. The molecular formula is C36H43IO6SSi. The second-order valence-electron chi connectivity index (χ2n) is 12.9. The van der Waals surface area contributed by atoms with Gasteiger partial charge in [0.1, 0.15) is 5.25 Å². The van der Waals surface area contributed by atoms with Gasteiger partial charge in [0, 0.05) is 0 Å². The monoisotopic (exact) mass is 758 g/mol. The van der Waals surface area contributed by atoms with Gasteiger partial charge in [0.05, 0.1) is 35.8 Å². The van der Waals surface area contributed by atoms with Crippen LogP contribution in [0.3, 0.4) is 0 Å². The van der Waals surface area contributed by atoms with Crippen molar-refractivity contribution in [1.29, 1.82) is 0 Å². The van der Waals surface area contributed by atoms with Crippen LogP contribution in [-0.2, 0) is 19.0 Å². The summed E-state index contributed by atoms with van der Waals surface area (Å²) in [6.45, 7) is 9.28. The number of phenolic OH excluding ortho intramolecular Hbond substituents is 1. The predicted octanol–water partition coefficient (Wildman–Crippen LogP) is 6.65. The highest BCUT2D eigenvalue weighted by Crippen LogP contribution is 2.42. The summed E-state index contributed by atoms with van der Waals surface area (Å²) in [6, 6.07) is 24.7. The Balaban J connectivity index is 1.45. The molecule has 240 valence electrons. The van der Waals surface area contributed by atoms with Crippen LogP contribution >= 0.6 is 22.6 Å². The number of sulfone groups is 1. The number of fused-ring (bicyclic) bond motifs is 1. The lowest BCUT2D eigenvalue weighted by molar-refractivity contribution is 0.117. The molecule has 0 saturated carbocycles. The third-order valence-corrected chi connectivity index (χ3v) is 16.9. The highest BCUT2D eigenvalue weighted by atomic mass is 127. The Hall–Kier alpha value is -2.44. The maximum atomic E-state index is 13.4. The second-order valence-corrected chi connectivity index (χ2v) is 20.5. The molecule has 2 aliphatic heterocycles. The highest BCUT2D eigenvalue weighted by molar-refractivity contribution is 14.1. The van der Waals surface area contributed by atoms with Crippen LogP contribution in [0.1, 0.15) is 52.5 Å². The van der Waals surface area contributed by atoms with Gasteiger partial charge >= 0.3 is 0 Å². The van der Waals surface area contributed by atoms with Gasteiger partial charge in [0.15, 0.2) is 21.3 Å². The van der Waals surface area contributed by atoms with E-state index in [9.17, 15) is 13.5 Å². The van der Waals surface area contributed by atoms with E-state index in [4.69, 9.17) is 13.9 Å². The second kappa shape index (κ2) is 13.7. The largest absolute Gasteiger partial charge is 0.504 e. The standard InChI is InChI=1S/C36H43IO6SSi/c1-6-25(19-26-20-30(37)35(38)32(21-26)41-5)17-18-31-34-27(24-44(39,40)33(34)23-42-31)22-43-45(36(2,3)4,28-13-9-7-10-14-28)29-15-11-8-12-16-29/h7-16,19-21,31,33,38H,6,17-18,22-24H2,1-5H3/b25-19+/t31-,33+/m1/s1. The van der Waals surface area contributed by atoms with Gasteiger partial charge < -0.3 is 19.0 Å². The van der Waals surface area contributed by atoms with Crippen molar-refractivity contribution >= 4 is 57.2 Å². The third-order valence-electron chi connectivity index (χ3n) is 9.06. The van der Waals surface area contributed by atoms with Gasteiger partial charge in [0.25, 0.3) is 8.32 Å². The summed E-state index contributed by atoms with van der Waals surface area (Å²) in [4.78, 5) is 0. The zero-order chi connectivity index (χ0) is 32.4. The molecule has 2 heterocycles. The number of benzene rings is 3. The van der Waals surface area contributed by atoms with Crippen LogP contribution in [0.4, 0.5) is 0 Å². The van der Waals surface area contributed by atoms with Gasteiger partial charge in [-0.25, -0.2) is 8.42 Å². The zero-order valence-corrected chi connectivity index (χ0v) is 30.7. The number of phenols is 1. The van der Waals surface area contributed by atoms with Gasteiger partial charge in [0.2, 0.25) is 0 Å². The minimum Gasteiger partial charge on any atom is -0.504 e. The summed E-state index contributed by atoms with van der Waals surface area (Å²) in [5.74, 6) is 0.603. The normalized spacial score (nSPS) is 20.0. The molecule has 3 aromatic rings. The van der Waals surface area contributed by atoms with Gasteiger partial charge in [-0.3, -0.25) is 0 Å². The molecule has 2 aliphatic rings. The quantitative estimate of drug-likeness (QED) is 0.134. The fourth-order valence-electron chi connectivity index (χ4n) is 6.83. The molecule has 2 atom stereocenters. The van der Waals surface area contributed by atoms with Crippen molar-refractivity contribution in [2.45, 2.75) is 63.3 Å². The molecule has 1 saturated heterocycles. The van der Waals surface area contributed by atoms with Crippen LogP contribution in [0.2, 0.25) is 5.04 Å². The van der Waals surface area contributed by atoms with Crippen LogP contribution in [0.15, 0.2) is 89.5 Å². The SMILES string of the molecule is CC/C(=C\c1cc(I)c(O)c(OC)c1)CC[C@H]1OC[C@H]2C1=C(CO[Si](c1ccccc1)(c1ccccc1)C(C)(C)C)CS2(=O)=O. The number of ether oxygens (including phenoxy) is 2. The summed E-state index contributed by atoms with van der Waals surface area (Å²) in [5.41, 5.74) is 3.94. The van der Waals surface area contributed by atoms with E-state index in [0.717, 1.165) is 33.1 Å². The number of aromatic hydroxyl groups is 1. The molecule has 0 aliphatic carbocycles. The van der Waals surface area contributed by atoms with Gasteiger partial charge in [-0.2, -0.15) is 0 Å². The van der Waals surface area contributed by atoms with E-state index in [1.165, 1.54) is 15.9 Å². The third kappa shape index (κ3) is 6.83. The van der Waals surface area contributed by atoms with Crippen LogP contribution in [0.25, 0.3) is 6.08 Å².